The maximum Gasteiger partial charge on any atom is 0.0777 e. The molecule has 0 radical (unpaired) electrons. The fraction of sp³-hybridized carbons (Fsp3) is 1.00. The third-order valence-corrected chi connectivity index (χ3v) is 0.333. The van der Waals surface area contributed by atoms with Gasteiger partial charge in [0.1, 0.15) is 0 Å². The Balaban J connectivity index is -0.0000000307. The second-order valence-electron chi connectivity index (χ2n) is 1.70. The Morgan fingerprint density at radius 2 is 0.850 bits per heavy atom. The predicted octanol–water partition coefficient (Wildman–Crippen LogP) is -5.82. The molecule has 0 amide bonds. The zero-order valence-corrected chi connectivity index (χ0v) is 11.8. The fourth-order valence-electron chi connectivity index (χ4n) is 0. The van der Waals surface area contributed by atoms with Gasteiger partial charge in [-0.15, -0.1) is 10.7 Å². The molecular formula is C4H17ClN6NiO8-2. The fourth-order valence-corrected chi connectivity index (χ4v) is 0. The van der Waals surface area contributed by atoms with Gasteiger partial charge in [-0.2, -0.15) is 14.0 Å². The van der Waals surface area contributed by atoms with Gasteiger partial charge in [0.2, 0.25) is 0 Å². The Kier molecular flexibility index (Phi) is 78.4. The predicted molar refractivity (Wildman–Crippen MR) is 56.8 cm³/mol. The van der Waals surface area contributed by atoms with Gasteiger partial charge in [-0.3, -0.25) is 0 Å². The summed E-state index contributed by atoms with van der Waals surface area (Å²) in [5, 5.41) is 18.0. The van der Waals surface area contributed by atoms with E-state index in [9.17, 15) is 0 Å². The van der Waals surface area contributed by atoms with Crippen LogP contribution in [0.1, 0.15) is 0 Å². The number of nitrogens with two attached hydrogens (primary N) is 4. The second-order valence-corrected chi connectivity index (χ2v) is 2.49. The molecule has 0 bridgehead atoms. The SMILES string of the molecule is NCCN.NCCN.O=N[O-].O=N[O-].[Ni].[O-][Cl+3]([O-])([O-])O. The largest absolute Gasteiger partial charge is 0.444 e. The Labute approximate surface area is 126 Å². The quantitative estimate of drug-likeness (QED) is 0.172. The molecule has 0 heterocycles. The summed E-state index contributed by atoms with van der Waals surface area (Å²) in [4.78, 5) is 16.0. The van der Waals surface area contributed by atoms with E-state index in [2.05, 4.69) is 0 Å². The molecule has 0 saturated heterocycles. The number of rotatable bonds is 2. The van der Waals surface area contributed by atoms with E-state index < -0.39 is 10.2 Å². The van der Waals surface area contributed by atoms with Crippen molar-refractivity contribution < 1.29 is 45.4 Å². The molecule has 0 aliphatic carbocycles. The molecule has 14 nitrogen and oxygen atoms in total. The van der Waals surface area contributed by atoms with E-state index in [1.807, 2.05) is 0 Å². The van der Waals surface area contributed by atoms with Crippen LogP contribution < -0.4 is 36.9 Å². The number of halogens is 1. The van der Waals surface area contributed by atoms with Crippen LogP contribution in [0.4, 0.5) is 0 Å². The summed E-state index contributed by atoms with van der Waals surface area (Å²) in [5.74, 6) is 0. The first-order chi connectivity index (χ1) is 8.66. The van der Waals surface area contributed by atoms with Crippen molar-refractivity contribution in [1.82, 2.24) is 0 Å². The van der Waals surface area contributed by atoms with E-state index in [0.717, 1.165) is 10.7 Å². The van der Waals surface area contributed by atoms with Crippen LogP contribution in [0.25, 0.3) is 0 Å². The minimum absolute atomic E-state index is 0. The molecule has 0 aromatic heterocycles. The third kappa shape index (κ3) is 2860. The van der Waals surface area contributed by atoms with Crippen molar-refractivity contribution in [1.29, 1.82) is 0 Å². The second kappa shape index (κ2) is 42.9. The van der Waals surface area contributed by atoms with E-state index in [4.69, 9.17) is 61.8 Å². The van der Waals surface area contributed by atoms with Crippen molar-refractivity contribution in [2.24, 2.45) is 33.6 Å². The smallest absolute Gasteiger partial charge is 0.0777 e. The molecule has 130 valence electrons. The number of hydrogen-bond acceptors (Lipinski definition) is 14. The van der Waals surface area contributed by atoms with Gasteiger partial charge < -0.3 is 43.2 Å². The normalized spacial score (nSPS) is 7.20. The summed E-state index contributed by atoms with van der Waals surface area (Å²) in [6.45, 7) is 2.39. The van der Waals surface area contributed by atoms with Gasteiger partial charge in [-0.25, -0.2) is 0 Å². The van der Waals surface area contributed by atoms with Crippen LogP contribution in [0.3, 0.4) is 0 Å². The maximum absolute atomic E-state index is 8.60. The zero-order valence-electron chi connectivity index (χ0n) is 10.0. The summed E-state index contributed by atoms with van der Waals surface area (Å²) >= 11 is 0. The van der Waals surface area contributed by atoms with Gasteiger partial charge >= 0.3 is 0 Å². The van der Waals surface area contributed by atoms with Gasteiger partial charge in [-0.1, -0.05) is 0 Å². The van der Waals surface area contributed by atoms with Crippen LogP contribution in [0.15, 0.2) is 10.7 Å². The van der Waals surface area contributed by atoms with Crippen molar-refractivity contribution in [3.63, 3.8) is 0 Å². The average molecular weight is 371 g/mol. The van der Waals surface area contributed by atoms with E-state index in [-0.39, 0.29) is 16.5 Å². The van der Waals surface area contributed by atoms with Crippen LogP contribution in [0.5, 0.6) is 0 Å². The molecule has 0 aromatic rings. The molecule has 0 saturated carbocycles. The van der Waals surface area contributed by atoms with Crippen molar-refractivity contribution in [3.8, 4) is 0 Å². The van der Waals surface area contributed by atoms with E-state index in [1.54, 1.807) is 0 Å². The summed E-state index contributed by atoms with van der Waals surface area (Å²) in [6, 6.07) is 0. The maximum atomic E-state index is 8.60. The Morgan fingerprint density at radius 1 is 0.800 bits per heavy atom. The Morgan fingerprint density at radius 3 is 0.850 bits per heavy atom. The first kappa shape index (κ1) is 36.5. The zero-order chi connectivity index (χ0) is 16.7. The molecule has 0 aliphatic rings. The molecule has 16 heteroatoms. The Hall–Kier alpha value is -0.736. The molecule has 0 aliphatic heterocycles. The van der Waals surface area contributed by atoms with Gasteiger partial charge in [0.15, 0.2) is 0 Å². The molecule has 9 N–H and O–H groups in total. The van der Waals surface area contributed by atoms with E-state index in [1.165, 1.54) is 0 Å². The molecule has 0 atom stereocenters. The van der Waals surface area contributed by atoms with Crippen LogP contribution in [0, 0.1) is 30.5 Å². The van der Waals surface area contributed by atoms with Crippen LogP contribution in [-0.4, -0.2) is 30.8 Å². The molecular weight excluding hydrogens is 354 g/mol. The molecule has 20 heavy (non-hydrogen) atoms. The van der Waals surface area contributed by atoms with Crippen LogP contribution >= 0.6 is 0 Å². The average Bonchev–Trinajstić information content (AvgIpc) is 2.29. The summed E-state index contributed by atoms with van der Waals surface area (Å²) in [5.41, 5.74) is 19.6. The van der Waals surface area contributed by atoms with E-state index >= 15 is 0 Å². The van der Waals surface area contributed by atoms with Gasteiger partial charge in [0, 0.05) is 42.7 Å². The summed E-state index contributed by atoms with van der Waals surface area (Å²) in [7, 11) is -4.69. The molecule has 0 fully saturated rings. The minimum Gasteiger partial charge on any atom is -0.444 e. The number of nitrogens with zero attached hydrogens (tertiary/aromatic N) is 2. The van der Waals surface area contributed by atoms with Crippen molar-refractivity contribution >= 4 is 0 Å². The molecule has 0 unspecified atom stereocenters. The topological polar surface area (TPSA) is 298 Å². The number of hydrogen-bond donors (Lipinski definition) is 5. The summed E-state index contributed by atoms with van der Waals surface area (Å²) < 4.78 is 32.7. The van der Waals surface area contributed by atoms with Crippen molar-refractivity contribution in [2.75, 3.05) is 26.2 Å². The minimum atomic E-state index is -4.69. The van der Waals surface area contributed by atoms with Gasteiger partial charge in [-0.05, 0) is 0 Å². The first-order valence-corrected chi connectivity index (χ1v) is 5.26. The third-order valence-electron chi connectivity index (χ3n) is 0.333. The van der Waals surface area contributed by atoms with Gasteiger partial charge in [0.05, 0.1) is 14.9 Å². The molecule has 0 aromatic carbocycles. The van der Waals surface area contributed by atoms with Crippen LogP contribution in [0.2, 0.25) is 0 Å². The molecule has 0 rings (SSSR count). The van der Waals surface area contributed by atoms with Crippen LogP contribution in [-0.2, 0) is 16.5 Å². The molecule has 0 spiro atoms. The van der Waals surface area contributed by atoms with E-state index in [0.29, 0.717) is 26.2 Å². The standard InChI is InChI=1S/2C2H8N2.ClHO4.2HNO2.Ni/c2*3-1-2-4;2-1(3,4)5;2*2-1-3;/h2*1-4H2;(H,2,3,4,5);2*(H,2,3);/p-2. The van der Waals surface area contributed by atoms with Crippen molar-refractivity contribution in [3.05, 3.63) is 20.2 Å². The van der Waals surface area contributed by atoms with Gasteiger partial charge in [0.25, 0.3) is 0 Å². The van der Waals surface area contributed by atoms with Crippen molar-refractivity contribution in [2.45, 2.75) is 0 Å². The summed E-state index contributed by atoms with van der Waals surface area (Å²) in [6.07, 6.45) is 0. The first-order valence-electron chi connectivity index (χ1n) is 4.00. The Bertz CT molecular complexity index is 133. The monoisotopic (exact) mass is 370 g/mol.